The van der Waals surface area contributed by atoms with Gasteiger partial charge in [-0.1, -0.05) is 29.8 Å². The highest BCUT2D eigenvalue weighted by Crippen LogP contribution is 2.11. The van der Waals surface area contributed by atoms with E-state index >= 15 is 0 Å². The summed E-state index contributed by atoms with van der Waals surface area (Å²) in [5.74, 6) is 0. The lowest BCUT2D eigenvalue weighted by molar-refractivity contribution is 0.0862. The summed E-state index contributed by atoms with van der Waals surface area (Å²) in [5.41, 5.74) is 8.05. The minimum atomic E-state index is -0.259. The van der Waals surface area contributed by atoms with Crippen molar-refractivity contribution in [2.45, 2.75) is 32.4 Å². The first-order valence-corrected chi connectivity index (χ1v) is 6.38. The molecule has 1 aliphatic rings. The van der Waals surface area contributed by atoms with Crippen molar-refractivity contribution >= 4 is 6.09 Å². The Kier molecular flexibility index (Phi) is 4.20. The first-order chi connectivity index (χ1) is 8.65. The van der Waals surface area contributed by atoms with Crippen LogP contribution in [0.4, 0.5) is 4.79 Å². The molecule has 4 nitrogen and oxygen atoms in total. The first-order valence-electron chi connectivity index (χ1n) is 6.38. The van der Waals surface area contributed by atoms with Gasteiger partial charge in [0, 0.05) is 19.1 Å². The fraction of sp³-hybridized carbons (Fsp3) is 0.500. The number of piperidine rings is 1. The highest BCUT2D eigenvalue weighted by molar-refractivity contribution is 5.67. The van der Waals surface area contributed by atoms with Gasteiger partial charge < -0.3 is 15.4 Å². The molecule has 1 amide bonds. The summed E-state index contributed by atoms with van der Waals surface area (Å²) in [6, 6.07) is 8.07. The van der Waals surface area contributed by atoms with E-state index in [1.165, 1.54) is 5.56 Å². The van der Waals surface area contributed by atoms with Gasteiger partial charge in [0.05, 0.1) is 0 Å². The Balaban J connectivity index is 1.82. The van der Waals surface area contributed by atoms with Gasteiger partial charge in [-0.2, -0.15) is 0 Å². The highest BCUT2D eigenvalue weighted by Gasteiger charge is 2.22. The lowest BCUT2D eigenvalue weighted by Crippen LogP contribution is -2.45. The molecule has 1 aliphatic heterocycles. The van der Waals surface area contributed by atoms with Crippen molar-refractivity contribution in [3.8, 4) is 0 Å². The predicted molar refractivity (Wildman–Crippen MR) is 70.1 cm³/mol. The first kappa shape index (κ1) is 12.9. The van der Waals surface area contributed by atoms with Crippen LogP contribution in [0, 0.1) is 6.92 Å². The van der Waals surface area contributed by atoms with Crippen molar-refractivity contribution in [3.63, 3.8) is 0 Å². The van der Waals surface area contributed by atoms with Gasteiger partial charge in [0.15, 0.2) is 0 Å². The van der Waals surface area contributed by atoms with Crippen LogP contribution >= 0.6 is 0 Å². The van der Waals surface area contributed by atoms with Crippen molar-refractivity contribution in [2.24, 2.45) is 5.73 Å². The van der Waals surface area contributed by atoms with E-state index in [1.54, 1.807) is 4.90 Å². The summed E-state index contributed by atoms with van der Waals surface area (Å²) in [4.78, 5) is 13.5. The molecule has 2 N–H and O–H groups in total. The molecule has 1 aromatic carbocycles. The maximum absolute atomic E-state index is 11.8. The van der Waals surface area contributed by atoms with Crippen LogP contribution in [0.25, 0.3) is 0 Å². The Morgan fingerprint density at radius 1 is 1.44 bits per heavy atom. The van der Waals surface area contributed by atoms with Crippen molar-refractivity contribution in [1.82, 2.24) is 4.90 Å². The average Bonchev–Trinajstić information content (AvgIpc) is 2.38. The fourth-order valence-corrected chi connectivity index (χ4v) is 2.10. The summed E-state index contributed by atoms with van der Waals surface area (Å²) < 4.78 is 5.29. The summed E-state index contributed by atoms with van der Waals surface area (Å²) in [6.45, 7) is 3.71. The number of carbonyl (C=O) groups is 1. The molecule has 0 saturated carbocycles. The Hall–Kier alpha value is -1.55. The quantitative estimate of drug-likeness (QED) is 0.871. The molecule has 1 unspecified atom stereocenters. The van der Waals surface area contributed by atoms with Crippen molar-refractivity contribution in [1.29, 1.82) is 0 Å². The molecule has 0 bridgehead atoms. The Morgan fingerprint density at radius 2 is 2.17 bits per heavy atom. The Bertz CT molecular complexity index is 403. The second-order valence-electron chi connectivity index (χ2n) is 4.89. The van der Waals surface area contributed by atoms with Crippen LogP contribution < -0.4 is 5.73 Å². The molecule has 4 heteroatoms. The number of rotatable bonds is 2. The molecule has 1 atom stereocenters. The molecule has 0 aromatic heterocycles. The Labute approximate surface area is 108 Å². The molecule has 1 aromatic rings. The molecule has 1 heterocycles. The van der Waals surface area contributed by atoms with Crippen molar-refractivity contribution in [3.05, 3.63) is 35.4 Å². The zero-order valence-corrected chi connectivity index (χ0v) is 10.8. The lowest BCUT2D eigenvalue weighted by Gasteiger charge is -2.29. The number of hydrogen-bond donors (Lipinski definition) is 1. The molecule has 1 fully saturated rings. The molecule has 18 heavy (non-hydrogen) atoms. The van der Waals surface area contributed by atoms with Crippen LogP contribution in [0.3, 0.4) is 0 Å². The summed E-state index contributed by atoms with van der Waals surface area (Å²) in [5, 5.41) is 0. The normalized spacial score (nSPS) is 19.7. The number of likely N-dealkylation sites (tertiary alicyclic amines) is 1. The van der Waals surface area contributed by atoms with Gasteiger partial charge in [-0.25, -0.2) is 4.79 Å². The van der Waals surface area contributed by atoms with E-state index in [1.807, 2.05) is 31.2 Å². The monoisotopic (exact) mass is 248 g/mol. The number of carbonyl (C=O) groups excluding carboxylic acids is 1. The third kappa shape index (κ3) is 3.47. The maximum Gasteiger partial charge on any atom is 0.410 e. The number of nitrogens with zero attached hydrogens (tertiary/aromatic N) is 1. The number of amides is 1. The zero-order chi connectivity index (χ0) is 13.0. The van der Waals surface area contributed by atoms with Gasteiger partial charge in [0.1, 0.15) is 6.61 Å². The minimum Gasteiger partial charge on any atom is -0.445 e. The molecule has 0 aliphatic carbocycles. The van der Waals surface area contributed by atoms with Crippen LogP contribution in [-0.2, 0) is 11.3 Å². The summed E-state index contributed by atoms with van der Waals surface area (Å²) >= 11 is 0. The van der Waals surface area contributed by atoms with Crippen LogP contribution in [0.2, 0.25) is 0 Å². The Morgan fingerprint density at radius 3 is 2.83 bits per heavy atom. The largest absolute Gasteiger partial charge is 0.445 e. The van der Waals surface area contributed by atoms with Crippen LogP contribution in [0.1, 0.15) is 24.0 Å². The number of nitrogens with two attached hydrogens (primary N) is 1. The van der Waals surface area contributed by atoms with Gasteiger partial charge >= 0.3 is 6.09 Å². The molecule has 0 spiro atoms. The number of aryl methyl sites for hydroxylation is 1. The number of ether oxygens (including phenoxy) is 1. The van der Waals surface area contributed by atoms with Crippen LogP contribution in [0.15, 0.2) is 24.3 Å². The topological polar surface area (TPSA) is 55.6 Å². The van der Waals surface area contributed by atoms with E-state index in [0.29, 0.717) is 13.2 Å². The lowest BCUT2D eigenvalue weighted by atomic mass is 10.1. The molecule has 0 radical (unpaired) electrons. The number of benzene rings is 1. The smallest absolute Gasteiger partial charge is 0.410 e. The van der Waals surface area contributed by atoms with Crippen molar-refractivity contribution in [2.75, 3.05) is 13.1 Å². The molecule has 2 rings (SSSR count). The SMILES string of the molecule is Cc1ccc(COC(=O)N2CCCC(N)C2)cc1. The predicted octanol–water partition coefficient (Wildman–Crippen LogP) is 2.05. The summed E-state index contributed by atoms with van der Waals surface area (Å²) in [7, 11) is 0. The molecule has 98 valence electrons. The van der Waals surface area contributed by atoms with E-state index < -0.39 is 0 Å². The number of hydrogen-bond acceptors (Lipinski definition) is 3. The summed E-state index contributed by atoms with van der Waals surface area (Å²) in [6.07, 6.45) is 1.69. The molecule has 1 saturated heterocycles. The van der Waals surface area contributed by atoms with Gasteiger partial charge in [-0.05, 0) is 25.3 Å². The van der Waals surface area contributed by atoms with E-state index in [-0.39, 0.29) is 12.1 Å². The molecular formula is C14H20N2O2. The van der Waals surface area contributed by atoms with E-state index in [4.69, 9.17) is 10.5 Å². The van der Waals surface area contributed by atoms with Gasteiger partial charge in [0.25, 0.3) is 0 Å². The second-order valence-corrected chi connectivity index (χ2v) is 4.89. The zero-order valence-electron chi connectivity index (χ0n) is 10.8. The van der Waals surface area contributed by atoms with Gasteiger partial charge in [0.2, 0.25) is 0 Å². The highest BCUT2D eigenvalue weighted by atomic mass is 16.6. The van der Waals surface area contributed by atoms with E-state index in [9.17, 15) is 4.79 Å². The van der Waals surface area contributed by atoms with E-state index in [2.05, 4.69) is 0 Å². The van der Waals surface area contributed by atoms with Crippen LogP contribution in [0.5, 0.6) is 0 Å². The fourth-order valence-electron chi connectivity index (χ4n) is 2.10. The van der Waals surface area contributed by atoms with E-state index in [0.717, 1.165) is 24.9 Å². The maximum atomic E-state index is 11.8. The third-order valence-electron chi connectivity index (χ3n) is 3.20. The van der Waals surface area contributed by atoms with Crippen LogP contribution in [-0.4, -0.2) is 30.1 Å². The van der Waals surface area contributed by atoms with Gasteiger partial charge in [-0.3, -0.25) is 0 Å². The molecular weight excluding hydrogens is 228 g/mol. The standard InChI is InChI=1S/C14H20N2O2/c1-11-4-6-12(7-5-11)10-18-14(17)16-8-2-3-13(15)9-16/h4-7,13H,2-3,8-10,15H2,1H3. The second kappa shape index (κ2) is 5.87. The average molecular weight is 248 g/mol. The van der Waals surface area contributed by atoms with Crippen molar-refractivity contribution < 1.29 is 9.53 Å². The minimum absolute atomic E-state index is 0.0886. The van der Waals surface area contributed by atoms with Gasteiger partial charge in [-0.15, -0.1) is 0 Å². The third-order valence-corrected chi connectivity index (χ3v) is 3.20.